The van der Waals surface area contributed by atoms with Crippen LogP contribution in [0.3, 0.4) is 0 Å². The van der Waals surface area contributed by atoms with Gasteiger partial charge in [-0.3, -0.25) is 14.5 Å². The van der Waals surface area contributed by atoms with Gasteiger partial charge in [-0.15, -0.1) is 6.58 Å². The van der Waals surface area contributed by atoms with Crippen LogP contribution < -0.4 is 4.74 Å². The van der Waals surface area contributed by atoms with Crippen molar-refractivity contribution in [1.82, 2.24) is 14.7 Å². The van der Waals surface area contributed by atoms with Crippen LogP contribution in [-0.4, -0.2) is 71.9 Å². The van der Waals surface area contributed by atoms with Crippen molar-refractivity contribution in [3.8, 4) is 5.75 Å². The van der Waals surface area contributed by atoms with E-state index in [0.717, 1.165) is 56.6 Å². The first-order valence-corrected chi connectivity index (χ1v) is 13.4. The zero-order chi connectivity index (χ0) is 25.1. The van der Waals surface area contributed by atoms with Crippen LogP contribution >= 0.6 is 0 Å². The lowest BCUT2D eigenvalue weighted by Crippen LogP contribution is -2.52. The van der Waals surface area contributed by atoms with Crippen LogP contribution in [-0.2, 0) is 16.0 Å². The van der Waals surface area contributed by atoms with Crippen LogP contribution in [0.2, 0.25) is 0 Å². The summed E-state index contributed by atoms with van der Waals surface area (Å²) in [6, 6.07) is 16.3. The number of carbonyl (C=O) groups excluding carboxylic acids is 2. The van der Waals surface area contributed by atoms with Crippen LogP contribution in [0, 0.1) is 5.92 Å². The first kappa shape index (κ1) is 24.6. The predicted molar refractivity (Wildman–Crippen MR) is 141 cm³/mol. The fourth-order valence-electron chi connectivity index (χ4n) is 5.47. The van der Waals surface area contributed by atoms with Crippen LogP contribution in [0.15, 0.2) is 61.2 Å². The van der Waals surface area contributed by atoms with Gasteiger partial charge in [-0.25, -0.2) is 0 Å². The zero-order valence-electron chi connectivity index (χ0n) is 21.3. The molecule has 0 N–H and O–H groups in total. The summed E-state index contributed by atoms with van der Waals surface area (Å²) in [6.07, 6.45) is 4.83. The first-order chi connectivity index (χ1) is 17.6. The second kappa shape index (κ2) is 10.9. The Bertz CT molecular complexity index is 1090. The molecule has 2 amide bonds. The fraction of sp³-hybridized carbons (Fsp3) is 0.467. The van der Waals surface area contributed by atoms with Crippen LogP contribution in [0.4, 0.5) is 0 Å². The SMILES string of the molecule is C=CCN1CCN(C(=O)C(CC)Oc2ccc3c(c2)C(c2ccccc2)N(C(=O)C2CC2)CC3)CC1. The summed E-state index contributed by atoms with van der Waals surface area (Å²) in [6.45, 7) is 10.5. The molecule has 190 valence electrons. The van der Waals surface area contributed by atoms with Crippen molar-refractivity contribution in [2.45, 2.75) is 44.8 Å². The Hall–Kier alpha value is -3.12. The largest absolute Gasteiger partial charge is 0.481 e. The molecule has 2 unspecified atom stereocenters. The molecule has 2 fully saturated rings. The molecule has 2 heterocycles. The van der Waals surface area contributed by atoms with Crippen molar-refractivity contribution in [2.24, 2.45) is 5.92 Å². The van der Waals surface area contributed by atoms with Gasteiger partial charge in [0.2, 0.25) is 5.91 Å². The monoisotopic (exact) mass is 487 g/mol. The average molecular weight is 488 g/mol. The van der Waals surface area contributed by atoms with Gasteiger partial charge < -0.3 is 14.5 Å². The minimum Gasteiger partial charge on any atom is -0.481 e. The van der Waals surface area contributed by atoms with Crippen LogP contribution in [0.1, 0.15) is 48.9 Å². The van der Waals surface area contributed by atoms with Gasteiger partial charge in [0.05, 0.1) is 6.04 Å². The number of hydrogen-bond donors (Lipinski definition) is 0. The second-order valence-corrected chi connectivity index (χ2v) is 10.2. The number of nitrogens with zero attached hydrogens (tertiary/aromatic N) is 3. The van der Waals surface area contributed by atoms with Gasteiger partial charge in [-0.05, 0) is 54.5 Å². The third-order valence-corrected chi connectivity index (χ3v) is 7.67. The van der Waals surface area contributed by atoms with Gasteiger partial charge in [0, 0.05) is 45.2 Å². The van der Waals surface area contributed by atoms with E-state index in [0.29, 0.717) is 25.3 Å². The Morgan fingerprint density at radius 3 is 2.47 bits per heavy atom. The van der Waals surface area contributed by atoms with E-state index in [1.807, 2.05) is 42.2 Å². The molecule has 5 rings (SSSR count). The maximum Gasteiger partial charge on any atom is 0.263 e. The Labute approximate surface area is 214 Å². The molecule has 3 aliphatic rings. The highest BCUT2D eigenvalue weighted by molar-refractivity contribution is 5.83. The van der Waals surface area contributed by atoms with E-state index in [9.17, 15) is 9.59 Å². The number of fused-ring (bicyclic) bond motifs is 1. The van der Waals surface area contributed by atoms with Crippen molar-refractivity contribution in [3.05, 3.63) is 77.9 Å². The molecule has 0 spiro atoms. The summed E-state index contributed by atoms with van der Waals surface area (Å²) in [5.41, 5.74) is 3.47. The van der Waals surface area contributed by atoms with Gasteiger partial charge in [0.25, 0.3) is 5.91 Å². The molecular formula is C30H37N3O3. The lowest BCUT2D eigenvalue weighted by molar-refractivity contribution is -0.140. The van der Waals surface area contributed by atoms with Gasteiger partial charge in [-0.2, -0.15) is 0 Å². The number of benzene rings is 2. The summed E-state index contributed by atoms with van der Waals surface area (Å²) >= 11 is 0. The molecular weight excluding hydrogens is 450 g/mol. The molecule has 1 saturated carbocycles. The minimum atomic E-state index is -0.517. The maximum absolute atomic E-state index is 13.3. The smallest absolute Gasteiger partial charge is 0.263 e. The van der Waals surface area contributed by atoms with E-state index in [2.05, 4.69) is 40.6 Å². The van der Waals surface area contributed by atoms with E-state index in [1.165, 1.54) is 5.56 Å². The highest BCUT2D eigenvalue weighted by atomic mass is 16.5. The molecule has 2 atom stereocenters. The van der Waals surface area contributed by atoms with Crippen LogP contribution in [0.25, 0.3) is 0 Å². The first-order valence-electron chi connectivity index (χ1n) is 13.4. The minimum absolute atomic E-state index is 0.0543. The highest BCUT2D eigenvalue weighted by Gasteiger charge is 2.39. The van der Waals surface area contributed by atoms with Gasteiger partial charge in [0.1, 0.15) is 5.75 Å². The Balaban J connectivity index is 1.36. The molecule has 0 aromatic heterocycles. The van der Waals surface area contributed by atoms with E-state index in [4.69, 9.17) is 4.74 Å². The number of hydrogen-bond acceptors (Lipinski definition) is 4. The Kier molecular flexibility index (Phi) is 7.42. The molecule has 0 radical (unpaired) electrons. The van der Waals surface area contributed by atoms with Gasteiger partial charge in [0.15, 0.2) is 6.10 Å². The number of rotatable bonds is 8. The Morgan fingerprint density at radius 2 is 1.81 bits per heavy atom. The normalized spacial score (nSPS) is 21.0. The standard InChI is InChI=1S/C30H37N3O3/c1-3-15-31-17-19-32(20-18-31)30(35)27(4-2)36-25-13-12-22-14-16-33(29(34)24-10-11-24)28(26(22)21-25)23-8-6-5-7-9-23/h3,5-9,12-13,21,24,27-28H,1,4,10-11,14-20H2,2H3. The fourth-order valence-corrected chi connectivity index (χ4v) is 5.47. The van der Waals surface area contributed by atoms with Crippen molar-refractivity contribution in [1.29, 1.82) is 0 Å². The lowest BCUT2D eigenvalue weighted by atomic mass is 9.87. The summed E-state index contributed by atoms with van der Waals surface area (Å²) in [5.74, 6) is 1.18. The molecule has 2 aliphatic heterocycles. The number of ether oxygens (including phenoxy) is 1. The van der Waals surface area contributed by atoms with E-state index >= 15 is 0 Å². The topological polar surface area (TPSA) is 53.1 Å². The number of carbonyl (C=O) groups is 2. The summed E-state index contributed by atoms with van der Waals surface area (Å²) < 4.78 is 6.33. The predicted octanol–water partition coefficient (Wildman–Crippen LogP) is 4.06. The average Bonchev–Trinajstić information content (AvgIpc) is 3.77. The summed E-state index contributed by atoms with van der Waals surface area (Å²) in [5, 5.41) is 0. The molecule has 6 nitrogen and oxygen atoms in total. The Morgan fingerprint density at radius 1 is 1.06 bits per heavy atom. The van der Waals surface area contributed by atoms with Gasteiger partial charge >= 0.3 is 0 Å². The summed E-state index contributed by atoms with van der Waals surface area (Å²) in [7, 11) is 0. The molecule has 36 heavy (non-hydrogen) atoms. The third-order valence-electron chi connectivity index (χ3n) is 7.67. The van der Waals surface area contributed by atoms with Crippen LogP contribution in [0.5, 0.6) is 5.75 Å². The van der Waals surface area contributed by atoms with E-state index in [1.54, 1.807) is 0 Å². The molecule has 2 aromatic rings. The zero-order valence-corrected chi connectivity index (χ0v) is 21.3. The molecule has 6 heteroatoms. The van der Waals surface area contributed by atoms with Crippen molar-refractivity contribution >= 4 is 11.8 Å². The quantitative estimate of drug-likeness (QED) is 0.527. The highest BCUT2D eigenvalue weighted by Crippen LogP contribution is 2.41. The second-order valence-electron chi connectivity index (χ2n) is 10.2. The van der Waals surface area contributed by atoms with E-state index < -0.39 is 6.10 Å². The van der Waals surface area contributed by atoms with Crippen molar-refractivity contribution in [3.63, 3.8) is 0 Å². The molecule has 2 aromatic carbocycles. The van der Waals surface area contributed by atoms with E-state index in [-0.39, 0.29) is 23.8 Å². The van der Waals surface area contributed by atoms with Gasteiger partial charge in [-0.1, -0.05) is 49.4 Å². The molecule has 1 aliphatic carbocycles. The van der Waals surface area contributed by atoms with Crippen molar-refractivity contribution < 1.29 is 14.3 Å². The maximum atomic E-state index is 13.3. The summed E-state index contributed by atoms with van der Waals surface area (Å²) in [4.78, 5) is 32.8. The third kappa shape index (κ3) is 5.19. The molecule has 1 saturated heterocycles. The number of piperazine rings is 1. The lowest BCUT2D eigenvalue weighted by Gasteiger charge is -2.38. The molecule has 0 bridgehead atoms. The number of amides is 2. The van der Waals surface area contributed by atoms with Crippen molar-refractivity contribution in [2.75, 3.05) is 39.3 Å².